The fourth-order valence-electron chi connectivity index (χ4n) is 11.3. The summed E-state index contributed by atoms with van der Waals surface area (Å²) in [6.07, 6.45) is 0. The summed E-state index contributed by atoms with van der Waals surface area (Å²) in [6.45, 7) is 0. The summed E-state index contributed by atoms with van der Waals surface area (Å²) in [5, 5.41) is 9.09. The van der Waals surface area contributed by atoms with Gasteiger partial charge in [0.05, 0.1) is 22.1 Å². The summed E-state index contributed by atoms with van der Waals surface area (Å²) in [5.74, 6) is 0. The molecular formula is C66H40N2O2. The molecule has 0 amide bonds. The second-order valence-electron chi connectivity index (χ2n) is 18.4. The van der Waals surface area contributed by atoms with Crippen molar-refractivity contribution in [2.45, 2.75) is 0 Å². The van der Waals surface area contributed by atoms with Crippen LogP contribution in [0.25, 0.3) is 143 Å². The van der Waals surface area contributed by atoms with Crippen molar-refractivity contribution in [3.8, 4) is 55.9 Å². The first-order valence-electron chi connectivity index (χ1n) is 23.9. The van der Waals surface area contributed by atoms with Gasteiger partial charge in [-0.05, 0) is 112 Å². The maximum atomic E-state index is 6.91. The number of para-hydroxylation sites is 4. The molecule has 0 fully saturated rings. The topological polar surface area (TPSA) is 36.1 Å². The molecule has 0 unspecified atom stereocenters. The van der Waals surface area contributed by atoms with Crippen LogP contribution in [0.2, 0.25) is 0 Å². The lowest BCUT2D eigenvalue weighted by atomic mass is 9.98. The van der Waals surface area contributed by atoms with E-state index < -0.39 is 0 Å². The first-order chi connectivity index (χ1) is 34.7. The highest BCUT2D eigenvalue weighted by atomic mass is 16.3. The predicted molar refractivity (Wildman–Crippen MR) is 291 cm³/mol. The predicted octanol–water partition coefficient (Wildman–Crippen LogP) is 18.3. The highest BCUT2D eigenvalue weighted by molar-refractivity contribution is 6.20. The standard InChI is InChI=1S/C66H40N2O2/c1-5-15-41(16-6-1)43-27-31-59-53(35-43)55-37-45(29-33-61(55)67(59)47-19-9-3-10-20-47)49-23-13-25-51-57-39-58-52-26-14-24-50(66(52)70-64(58)40-63(57)69-65(49)51)46-30-34-62-56(38-46)54-36-44(42-17-7-2-8-18-42)28-32-60(54)68(62)48-21-11-4-12-22-48/h1-40H. The molecular weight excluding hydrogens is 853 g/mol. The second kappa shape index (κ2) is 15.1. The average molecular weight is 893 g/mol. The van der Waals surface area contributed by atoms with E-state index in [-0.39, 0.29) is 0 Å². The molecule has 70 heavy (non-hydrogen) atoms. The minimum absolute atomic E-state index is 0.800. The number of rotatable bonds is 6. The minimum Gasteiger partial charge on any atom is -0.455 e. The molecule has 4 heterocycles. The Morgan fingerprint density at radius 1 is 0.229 bits per heavy atom. The Balaban J connectivity index is 0.870. The summed E-state index contributed by atoms with van der Waals surface area (Å²) in [4.78, 5) is 0. The first kappa shape index (κ1) is 38.7. The van der Waals surface area contributed by atoms with E-state index in [4.69, 9.17) is 8.83 Å². The van der Waals surface area contributed by atoms with Crippen molar-refractivity contribution in [3.05, 3.63) is 243 Å². The van der Waals surface area contributed by atoms with Crippen molar-refractivity contribution >= 4 is 87.5 Å². The monoisotopic (exact) mass is 892 g/mol. The van der Waals surface area contributed by atoms with Gasteiger partial charge in [0.15, 0.2) is 0 Å². The number of hydrogen-bond donors (Lipinski definition) is 0. The summed E-state index contributed by atoms with van der Waals surface area (Å²) < 4.78 is 18.6. The molecule has 0 spiro atoms. The van der Waals surface area contributed by atoms with Crippen LogP contribution in [0.5, 0.6) is 0 Å². The zero-order valence-corrected chi connectivity index (χ0v) is 37.8. The number of furan rings is 2. The van der Waals surface area contributed by atoms with Gasteiger partial charge in [-0.15, -0.1) is 0 Å². The van der Waals surface area contributed by atoms with E-state index >= 15 is 0 Å². The van der Waals surface area contributed by atoms with E-state index in [2.05, 4.69) is 252 Å². The second-order valence-corrected chi connectivity index (χ2v) is 18.4. The van der Waals surface area contributed by atoms with E-state index in [9.17, 15) is 0 Å². The van der Waals surface area contributed by atoms with Crippen LogP contribution >= 0.6 is 0 Å². The third-order valence-corrected chi connectivity index (χ3v) is 14.5. The van der Waals surface area contributed by atoms with E-state index in [1.165, 1.54) is 54.8 Å². The van der Waals surface area contributed by atoms with Gasteiger partial charge in [-0.25, -0.2) is 0 Å². The van der Waals surface area contributed by atoms with Crippen molar-refractivity contribution in [2.75, 3.05) is 0 Å². The molecule has 0 N–H and O–H groups in total. The highest BCUT2D eigenvalue weighted by Crippen LogP contribution is 2.45. The van der Waals surface area contributed by atoms with Crippen molar-refractivity contribution in [1.29, 1.82) is 0 Å². The third kappa shape index (κ3) is 5.84. The van der Waals surface area contributed by atoms with Crippen molar-refractivity contribution in [2.24, 2.45) is 0 Å². The lowest BCUT2D eigenvalue weighted by molar-refractivity contribution is 0.657. The largest absolute Gasteiger partial charge is 0.455 e. The summed E-state index contributed by atoms with van der Waals surface area (Å²) in [5.41, 5.74) is 19.4. The van der Waals surface area contributed by atoms with E-state index in [0.29, 0.717) is 0 Å². The normalized spacial score (nSPS) is 12.0. The molecule has 4 heteroatoms. The van der Waals surface area contributed by atoms with E-state index in [0.717, 1.165) is 88.5 Å². The van der Waals surface area contributed by atoms with Crippen LogP contribution in [0, 0.1) is 0 Å². The van der Waals surface area contributed by atoms with E-state index in [1.807, 2.05) is 0 Å². The molecule has 11 aromatic carbocycles. The molecule has 0 aliphatic carbocycles. The average Bonchev–Trinajstić information content (AvgIpc) is 4.17. The first-order valence-corrected chi connectivity index (χ1v) is 23.9. The van der Waals surface area contributed by atoms with Crippen molar-refractivity contribution < 1.29 is 8.83 Å². The lowest BCUT2D eigenvalue weighted by Gasteiger charge is -2.08. The molecule has 15 aromatic rings. The van der Waals surface area contributed by atoms with Gasteiger partial charge in [-0.2, -0.15) is 0 Å². The molecule has 0 aliphatic rings. The van der Waals surface area contributed by atoms with Gasteiger partial charge < -0.3 is 18.0 Å². The van der Waals surface area contributed by atoms with Gasteiger partial charge >= 0.3 is 0 Å². The third-order valence-electron chi connectivity index (χ3n) is 14.5. The Kier molecular flexibility index (Phi) is 8.33. The van der Waals surface area contributed by atoms with Gasteiger partial charge in [0.1, 0.15) is 22.3 Å². The fraction of sp³-hybridized carbons (Fsp3) is 0. The molecule has 0 atom stereocenters. The van der Waals surface area contributed by atoms with Crippen LogP contribution in [0.15, 0.2) is 251 Å². The van der Waals surface area contributed by atoms with Crippen molar-refractivity contribution in [3.63, 3.8) is 0 Å². The Hall–Kier alpha value is -9.38. The van der Waals surface area contributed by atoms with Gasteiger partial charge in [-0.3, -0.25) is 0 Å². The molecule has 0 bridgehead atoms. The van der Waals surface area contributed by atoms with Crippen LogP contribution in [0.3, 0.4) is 0 Å². The zero-order valence-electron chi connectivity index (χ0n) is 37.8. The number of hydrogen-bond acceptors (Lipinski definition) is 2. The molecule has 326 valence electrons. The number of fused-ring (bicyclic) bond motifs is 12. The fourth-order valence-corrected chi connectivity index (χ4v) is 11.3. The summed E-state index contributed by atoms with van der Waals surface area (Å²) in [7, 11) is 0. The molecule has 0 radical (unpaired) electrons. The van der Waals surface area contributed by atoms with Gasteiger partial charge in [0.2, 0.25) is 0 Å². The maximum Gasteiger partial charge on any atom is 0.143 e. The lowest BCUT2D eigenvalue weighted by Crippen LogP contribution is -1.93. The minimum atomic E-state index is 0.800. The van der Waals surface area contributed by atoms with E-state index in [1.54, 1.807) is 0 Å². The SMILES string of the molecule is c1ccc(-c2ccc3c(c2)c2cc(-c4cccc5c4oc4cc6oc7c(-c8ccc9c(c8)c8cc(-c%10ccccc%10)ccc8n9-c8ccccc8)cccc7c6cc45)ccc2n3-c2ccccc2)cc1. The maximum absolute atomic E-state index is 6.91. The Morgan fingerprint density at radius 2 is 0.586 bits per heavy atom. The molecule has 0 saturated heterocycles. The van der Waals surface area contributed by atoms with Gasteiger partial charge in [-0.1, -0.05) is 158 Å². The van der Waals surface area contributed by atoms with Crippen LogP contribution in [-0.4, -0.2) is 9.13 Å². The Bertz CT molecular complexity index is 4270. The number of aromatic nitrogens is 2. The number of nitrogens with zero attached hydrogens (tertiary/aromatic N) is 2. The Morgan fingerprint density at radius 3 is 0.986 bits per heavy atom. The molecule has 4 aromatic heterocycles. The number of benzene rings is 11. The summed E-state index contributed by atoms with van der Waals surface area (Å²) >= 11 is 0. The molecule has 0 aliphatic heterocycles. The van der Waals surface area contributed by atoms with Crippen LogP contribution in [0.4, 0.5) is 0 Å². The van der Waals surface area contributed by atoms with Crippen LogP contribution in [0.1, 0.15) is 0 Å². The highest BCUT2D eigenvalue weighted by Gasteiger charge is 2.21. The molecule has 15 rings (SSSR count). The van der Waals surface area contributed by atoms with Crippen LogP contribution in [-0.2, 0) is 0 Å². The van der Waals surface area contributed by atoms with Crippen molar-refractivity contribution in [1.82, 2.24) is 9.13 Å². The molecule has 0 saturated carbocycles. The molecule has 4 nitrogen and oxygen atoms in total. The zero-order chi connectivity index (χ0) is 45.9. The quantitative estimate of drug-likeness (QED) is 0.167. The van der Waals surface area contributed by atoms with Gasteiger partial charge in [0, 0.05) is 71.7 Å². The van der Waals surface area contributed by atoms with Gasteiger partial charge in [0.25, 0.3) is 0 Å². The van der Waals surface area contributed by atoms with Crippen LogP contribution < -0.4 is 0 Å². The smallest absolute Gasteiger partial charge is 0.143 e. The Labute approximate surface area is 402 Å². The summed E-state index contributed by atoms with van der Waals surface area (Å²) in [6, 6.07) is 87.3.